The zero-order valence-electron chi connectivity index (χ0n) is 14.0. The van der Waals surface area contributed by atoms with E-state index in [0.29, 0.717) is 13.0 Å². The van der Waals surface area contributed by atoms with Gasteiger partial charge in [-0.25, -0.2) is 4.39 Å². The fourth-order valence-electron chi connectivity index (χ4n) is 2.16. The van der Waals surface area contributed by atoms with Crippen LogP contribution in [0.5, 0.6) is 0 Å². The van der Waals surface area contributed by atoms with Crippen LogP contribution in [0.1, 0.15) is 5.56 Å². The molecule has 9 heteroatoms. The summed E-state index contributed by atoms with van der Waals surface area (Å²) < 4.78 is 44.4. The molecule has 0 fully saturated rings. The number of carbonyl (C=O) groups is 1. The van der Waals surface area contributed by atoms with Crippen molar-refractivity contribution in [3.63, 3.8) is 0 Å². The van der Waals surface area contributed by atoms with Crippen LogP contribution in [0.3, 0.4) is 0 Å². The van der Waals surface area contributed by atoms with Crippen molar-refractivity contribution in [1.29, 1.82) is 5.26 Å². The minimum atomic E-state index is -4.40. The van der Waals surface area contributed by atoms with Crippen molar-refractivity contribution in [2.45, 2.75) is 11.3 Å². The van der Waals surface area contributed by atoms with Gasteiger partial charge in [-0.05, 0) is 42.3 Å². The lowest BCUT2D eigenvalue weighted by Crippen LogP contribution is -2.18. The normalized spacial score (nSPS) is 11.5. The van der Waals surface area contributed by atoms with Crippen molar-refractivity contribution in [1.82, 2.24) is 5.32 Å². The first-order valence-electron chi connectivity index (χ1n) is 7.76. The molecule has 0 aliphatic rings. The number of nitrogens with zero attached hydrogens (tertiary/aromatic N) is 1. The number of nitrogens with one attached hydrogen (secondary N) is 2. The SMILES string of the molecule is N#C/C(=C/NCCc1cccc(F)c1)C(=O)Nc1cccc(S(=O)(=O)O)c1. The van der Waals surface area contributed by atoms with Crippen molar-refractivity contribution in [3.05, 3.63) is 71.7 Å². The molecule has 0 atom stereocenters. The first-order valence-corrected chi connectivity index (χ1v) is 9.20. The number of carbonyl (C=O) groups excluding carboxylic acids is 1. The Morgan fingerprint density at radius 2 is 1.96 bits per heavy atom. The molecule has 0 heterocycles. The van der Waals surface area contributed by atoms with Crippen LogP contribution in [-0.4, -0.2) is 25.4 Å². The Balaban J connectivity index is 1.97. The summed E-state index contributed by atoms with van der Waals surface area (Å²) in [6.45, 7) is 0.375. The third-order valence-corrected chi connectivity index (χ3v) is 4.30. The lowest BCUT2D eigenvalue weighted by atomic mass is 10.1. The fourth-order valence-corrected chi connectivity index (χ4v) is 2.69. The Morgan fingerprint density at radius 1 is 1.22 bits per heavy atom. The molecule has 0 saturated carbocycles. The second kappa shape index (κ2) is 8.93. The summed E-state index contributed by atoms with van der Waals surface area (Å²) in [6, 6.07) is 12.8. The van der Waals surface area contributed by atoms with E-state index in [2.05, 4.69) is 10.6 Å². The van der Waals surface area contributed by atoms with E-state index in [1.807, 2.05) is 0 Å². The standard InChI is InChI=1S/C18H16FN3O4S/c19-15-4-1-3-13(9-15)7-8-21-12-14(11-20)18(23)22-16-5-2-6-17(10-16)27(24,25)26/h1-6,9-10,12,21H,7-8H2,(H,22,23)(H,24,25,26)/b14-12-. The van der Waals surface area contributed by atoms with E-state index in [1.165, 1.54) is 36.5 Å². The highest BCUT2D eigenvalue weighted by Crippen LogP contribution is 2.15. The average molecular weight is 389 g/mol. The summed E-state index contributed by atoms with van der Waals surface area (Å²) in [7, 11) is -4.40. The highest BCUT2D eigenvalue weighted by Gasteiger charge is 2.13. The molecule has 0 radical (unpaired) electrons. The van der Waals surface area contributed by atoms with Gasteiger partial charge in [0.1, 0.15) is 17.5 Å². The number of benzene rings is 2. The quantitative estimate of drug-likeness (QED) is 0.289. The molecular formula is C18H16FN3O4S. The summed E-state index contributed by atoms with van der Waals surface area (Å²) in [5, 5.41) is 14.3. The molecule has 0 spiro atoms. The molecule has 0 aromatic heterocycles. The van der Waals surface area contributed by atoms with Crippen molar-refractivity contribution in [3.8, 4) is 6.07 Å². The summed E-state index contributed by atoms with van der Waals surface area (Å²) in [5.41, 5.74) is 0.642. The summed E-state index contributed by atoms with van der Waals surface area (Å²) in [6.07, 6.45) is 1.71. The second-order valence-corrected chi connectivity index (χ2v) is 6.88. The Bertz CT molecular complexity index is 1010. The van der Waals surface area contributed by atoms with E-state index < -0.39 is 16.0 Å². The van der Waals surface area contributed by atoms with Crippen molar-refractivity contribution >= 4 is 21.7 Å². The molecule has 2 aromatic carbocycles. The number of hydrogen-bond acceptors (Lipinski definition) is 5. The van der Waals surface area contributed by atoms with E-state index in [4.69, 9.17) is 9.81 Å². The van der Waals surface area contributed by atoms with Crippen LogP contribution in [0.2, 0.25) is 0 Å². The maximum Gasteiger partial charge on any atom is 0.294 e. The van der Waals surface area contributed by atoms with Crippen LogP contribution in [0.25, 0.3) is 0 Å². The number of amides is 1. The minimum absolute atomic E-state index is 0.107. The van der Waals surface area contributed by atoms with Gasteiger partial charge in [0, 0.05) is 18.4 Å². The summed E-state index contributed by atoms with van der Waals surface area (Å²) in [4.78, 5) is 11.7. The third-order valence-electron chi connectivity index (χ3n) is 3.45. The highest BCUT2D eigenvalue weighted by atomic mass is 32.2. The van der Waals surface area contributed by atoms with Gasteiger partial charge in [0.05, 0.1) is 4.90 Å². The largest absolute Gasteiger partial charge is 0.389 e. The molecule has 2 rings (SSSR count). The topological polar surface area (TPSA) is 119 Å². The zero-order valence-corrected chi connectivity index (χ0v) is 14.8. The van der Waals surface area contributed by atoms with E-state index in [1.54, 1.807) is 18.2 Å². The molecule has 3 N–H and O–H groups in total. The highest BCUT2D eigenvalue weighted by molar-refractivity contribution is 7.85. The number of halogens is 1. The Labute approximate surface area is 155 Å². The molecule has 1 amide bonds. The van der Waals surface area contributed by atoms with Gasteiger partial charge < -0.3 is 10.6 Å². The van der Waals surface area contributed by atoms with Crippen molar-refractivity contribution in [2.24, 2.45) is 0 Å². The Hall–Kier alpha value is -3.22. The smallest absolute Gasteiger partial charge is 0.294 e. The van der Waals surface area contributed by atoms with Gasteiger partial charge in [0.2, 0.25) is 0 Å². The average Bonchev–Trinajstić information content (AvgIpc) is 2.61. The van der Waals surface area contributed by atoms with Gasteiger partial charge in [0.15, 0.2) is 0 Å². The van der Waals surface area contributed by atoms with Crippen LogP contribution < -0.4 is 10.6 Å². The third kappa shape index (κ3) is 6.22. The molecule has 7 nitrogen and oxygen atoms in total. The van der Waals surface area contributed by atoms with Crippen molar-refractivity contribution < 1.29 is 22.2 Å². The van der Waals surface area contributed by atoms with Gasteiger partial charge in [-0.3, -0.25) is 9.35 Å². The van der Waals surface area contributed by atoms with Gasteiger partial charge in [-0.15, -0.1) is 0 Å². The molecule has 2 aromatic rings. The lowest BCUT2D eigenvalue weighted by Gasteiger charge is -2.06. The van der Waals surface area contributed by atoms with Crippen molar-refractivity contribution in [2.75, 3.05) is 11.9 Å². The maximum absolute atomic E-state index is 13.1. The van der Waals surface area contributed by atoms with Crippen LogP contribution in [0, 0.1) is 17.1 Å². The van der Waals surface area contributed by atoms with Crippen LogP contribution in [0.4, 0.5) is 10.1 Å². The first kappa shape index (κ1) is 20.1. The molecule has 0 aliphatic carbocycles. The molecule has 0 bridgehead atoms. The van der Waals surface area contributed by atoms with Crippen LogP contribution >= 0.6 is 0 Å². The minimum Gasteiger partial charge on any atom is -0.389 e. The Kier molecular flexibility index (Phi) is 6.65. The molecule has 0 aliphatic heterocycles. The molecule has 140 valence electrons. The Morgan fingerprint density at radius 3 is 2.63 bits per heavy atom. The predicted octanol–water partition coefficient (Wildman–Crippen LogP) is 2.25. The summed E-state index contributed by atoms with van der Waals surface area (Å²) in [5.74, 6) is -1.09. The first-order chi connectivity index (χ1) is 12.8. The summed E-state index contributed by atoms with van der Waals surface area (Å²) >= 11 is 0. The van der Waals surface area contributed by atoms with Crippen LogP contribution in [-0.2, 0) is 21.3 Å². The van der Waals surface area contributed by atoms with E-state index in [-0.39, 0.29) is 22.0 Å². The monoisotopic (exact) mass is 389 g/mol. The number of hydrogen-bond donors (Lipinski definition) is 3. The van der Waals surface area contributed by atoms with E-state index >= 15 is 0 Å². The molecule has 0 unspecified atom stereocenters. The van der Waals surface area contributed by atoms with Gasteiger partial charge in [-0.1, -0.05) is 18.2 Å². The van der Waals surface area contributed by atoms with Gasteiger partial charge in [0.25, 0.3) is 16.0 Å². The lowest BCUT2D eigenvalue weighted by molar-refractivity contribution is -0.112. The number of anilines is 1. The van der Waals surface area contributed by atoms with Gasteiger partial charge >= 0.3 is 0 Å². The molecule has 0 saturated heterocycles. The van der Waals surface area contributed by atoms with Gasteiger partial charge in [-0.2, -0.15) is 13.7 Å². The molecule has 27 heavy (non-hydrogen) atoms. The maximum atomic E-state index is 13.1. The second-order valence-electron chi connectivity index (χ2n) is 5.46. The van der Waals surface area contributed by atoms with Crippen LogP contribution in [0.15, 0.2) is 65.2 Å². The van der Waals surface area contributed by atoms with E-state index in [9.17, 15) is 17.6 Å². The number of nitriles is 1. The number of rotatable bonds is 7. The fraction of sp³-hybridized carbons (Fsp3) is 0.111. The zero-order chi connectivity index (χ0) is 19.9. The molecular weight excluding hydrogens is 373 g/mol. The van der Waals surface area contributed by atoms with E-state index in [0.717, 1.165) is 11.6 Å². The predicted molar refractivity (Wildman–Crippen MR) is 96.7 cm³/mol.